The average molecular weight is 215 g/mol. The molecule has 1 aromatic carbocycles. The number of nitrogens with one attached hydrogen (secondary N) is 1. The molecule has 0 spiro atoms. The highest BCUT2D eigenvalue weighted by molar-refractivity contribution is 5.98. The first-order valence-corrected chi connectivity index (χ1v) is 6.19. The van der Waals surface area contributed by atoms with Crippen LogP contribution in [0, 0.1) is 5.92 Å². The number of carbonyl (C=O) groups excluding carboxylic acids is 1. The standard InChI is InChI=1S/C14H17NO/c16-14(8-10-4-5-10)13-3-1-2-11-9-15-7-6-12(11)13/h1-3,10,15H,4-9H2. The van der Waals surface area contributed by atoms with E-state index < -0.39 is 0 Å². The molecule has 16 heavy (non-hydrogen) atoms. The van der Waals surface area contributed by atoms with Gasteiger partial charge in [-0.2, -0.15) is 0 Å². The number of hydrogen-bond acceptors (Lipinski definition) is 2. The Hall–Kier alpha value is -1.15. The molecule has 0 bridgehead atoms. The first kappa shape index (κ1) is 10.0. The largest absolute Gasteiger partial charge is 0.312 e. The zero-order valence-electron chi connectivity index (χ0n) is 9.46. The van der Waals surface area contributed by atoms with Crippen LogP contribution in [0.4, 0.5) is 0 Å². The van der Waals surface area contributed by atoms with Gasteiger partial charge in [-0.15, -0.1) is 0 Å². The second-order valence-electron chi connectivity index (χ2n) is 4.94. The lowest BCUT2D eigenvalue weighted by atomic mass is 9.92. The van der Waals surface area contributed by atoms with E-state index in [9.17, 15) is 4.79 Å². The number of fused-ring (bicyclic) bond motifs is 1. The van der Waals surface area contributed by atoms with Gasteiger partial charge in [0.1, 0.15) is 0 Å². The summed E-state index contributed by atoms with van der Waals surface area (Å²) in [5.41, 5.74) is 3.60. The van der Waals surface area contributed by atoms with E-state index in [4.69, 9.17) is 0 Å². The van der Waals surface area contributed by atoms with Gasteiger partial charge in [-0.3, -0.25) is 4.79 Å². The second-order valence-corrected chi connectivity index (χ2v) is 4.94. The third-order valence-corrected chi connectivity index (χ3v) is 3.61. The molecule has 0 unspecified atom stereocenters. The molecular weight excluding hydrogens is 198 g/mol. The van der Waals surface area contributed by atoms with E-state index >= 15 is 0 Å². The van der Waals surface area contributed by atoms with E-state index in [0.717, 1.165) is 31.5 Å². The fraction of sp³-hybridized carbons (Fsp3) is 0.500. The molecule has 0 amide bonds. The summed E-state index contributed by atoms with van der Waals surface area (Å²) >= 11 is 0. The third-order valence-electron chi connectivity index (χ3n) is 3.61. The van der Waals surface area contributed by atoms with Crippen LogP contribution in [0.2, 0.25) is 0 Å². The quantitative estimate of drug-likeness (QED) is 0.784. The summed E-state index contributed by atoms with van der Waals surface area (Å²) < 4.78 is 0. The molecule has 1 heterocycles. The molecule has 0 aromatic heterocycles. The molecule has 84 valence electrons. The van der Waals surface area contributed by atoms with Gasteiger partial charge in [-0.1, -0.05) is 18.2 Å². The van der Waals surface area contributed by atoms with Gasteiger partial charge in [0.15, 0.2) is 5.78 Å². The first-order chi connectivity index (χ1) is 7.84. The molecule has 1 aliphatic carbocycles. The maximum Gasteiger partial charge on any atom is 0.163 e. The van der Waals surface area contributed by atoms with E-state index in [1.54, 1.807) is 0 Å². The smallest absolute Gasteiger partial charge is 0.163 e. The zero-order chi connectivity index (χ0) is 11.0. The first-order valence-electron chi connectivity index (χ1n) is 6.19. The van der Waals surface area contributed by atoms with Crippen LogP contribution < -0.4 is 5.32 Å². The van der Waals surface area contributed by atoms with Gasteiger partial charge in [0.05, 0.1) is 0 Å². The molecule has 1 saturated carbocycles. The predicted molar refractivity (Wildman–Crippen MR) is 63.5 cm³/mol. The van der Waals surface area contributed by atoms with E-state index in [1.165, 1.54) is 24.0 Å². The van der Waals surface area contributed by atoms with Crippen LogP contribution in [-0.2, 0) is 13.0 Å². The van der Waals surface area contributed by atoms with Crippen LogP contribution >= 0.6 is 0 Å². The maximum atomic E-state index is 12.1. The van der Waals surface area contributed by atoms with Crippen LogP contribution in [0.3, 0.4) is 0 Å². The minimum absolute atomic E-state index is 0.362. The van der Waals surface area contributed by atoms with Gasteiger partial charge in [-0.25, -0.2) is 0 Å². The van der Waals surface area contributed by atoms with Crippen molar-refractivity contribution in [2.45, 2.75) is 32.2 Å². The van der Waals surface area contributed by atoms with Crippen molar-refractivity contribution in [2.24, 2.45) is 5.92 Å². The molecule has 3 rings (SSSR count). The summed E-state index contributed by atoms with van der Waals surface area (Å²) in [5, 5.41) is 3.35. The summed E-state index contributed by atoms with van der Waals surface area (Å²) in [6, 6.07) is 6.16. The van der Waals surface area contributed by atoms with Crippen LogP contribution in [0.25, 0.3) is 0 Å². The number of carbonyl (C=O) groups is 1. The lowest BCUT2D eigenvalue weighted by Gasteiger charge is -2.19. The maximum absolute atomic E-state index is 12.1. The van der Waals surface area contributed by atoms with Crippen molar-refractivity contribution >= 4 is 5.78 Å². The zero-order valence-corrected chi connectivity index (χ0v) is 9.46. The molecule has 2 aliphatic rings. The van der Waals surface area contributed by atoms with Gasteiger partial charge in [0, 0.05) is 18.5 Å². The summed E-state index contributed by atoms with van der Waals surface area (Å²) in [5.74, 6) is 1.05. The van der Waals surface area contributed by atoms with Gasteiger partial charge in [0.25, 0.3) is 0 Å². The van der Waals surface area contributed by atoms with Crippen LogP contribution in [0.5, 0.6) is 0 Å². The molecule has 1 aliphatic heterocycles. The van der Waals surface area contributed by atoms with Crippen molar-refractivity contribution in [2.75, 3.05) is 6.54 Å². The van der Waals surface area contributed by atoms with Crippen LogP contribution in [-0.4, -0.2) is 12.3 Å². The molecule has 2 nitrogen and oxygen atoms in total. The highest BCUT2D eigenvalue weighted by Gasteiger charge is 2.26. The summed E-state index contributed by atoms with van der Waals surface area (Å²) in [7, 11) is 0. The van der Waals surface area contributed by atoms with Crippen LogP contribution in [0.15, 0.2) is 18.2 Å². The summed E-state index contributed by atoms with van der Waals surface area (Å²) in [4.78, 5) is 12.1. The summed E-state index contributed by atoms with van der Waals surface area (Å²) in [6.45, 7) is 1.92. The fourth-order valence-electron chi connectivity index (χ4n) is 2.49. The monoisotopic (exact) mass is 215 g/mol. The fourth-order valence-corrected chi connectivity index (χ4v) is 2.49. The Balaban J connectivity index is 1.89. The molecular formula is C14H17NO. The Bertz CT molecular complexity index is 421. The Morgan fingerprint density at radius 1 is 1.38 bits per heavy atom. The Labute approximate surface area is 96.1 Å². The molecule has 0 saturated heterocycles. The van der Waals surface area contributed by atoms with Gasteiger partial charge in [-0.05, 0) is 42.9 Å². The lowest BCUT2D eigenvalue weighted by Crippen LogP contribution is -2.25. The predicted octanol–water partition coefficient (Wildman–Crippen LogP) is 2.32. The van der Waals surface area contributed by atoms with Crippen molar-refractivity contribution in [3.8, 4) is 0 Å². The molecule has 1 fully saturated rings. The van der Waals surface area contributed by atoms with Crippen molar-refractivity contribution < 1.29 is 4.79 Å². The number of rotatable bonds is 3. The van der Waals surface area contributed by atoms with Crippen LogP contribution in [0.1, 0.15) is 40.7 Å². The van der Waals surface area contributed by atoms with E-state index in [1.807, 2.05) is 12.1 Å². The van der Waals surface area contributed by atoms with E-state index in [0.29, 0.717) is 11.7 Å². The second kappa shape index (κ2) is 4.02. The average Bonchev–Trinajstić information content (AvgIpc) is 3.12. The Kier molecular flexibility index (Phi) is 2.52. The highest BCUT2D eigenvalue weighted by atomic mass is 16.1. The van der Waals surface area contributed by atoms with Gasteiger partial charge >= 0.3 is 0 Å². The molecule has 0 atom stereocenters. The van der Waals surface area contributed by atoms with Gasteiger partial charge in [0.2, 0.25) is 0 Å². The van der Waals surface area contributed by atoms with Crippen molar-refractivity contribution in [1.29, 1.82) is 0 Å². The number of ketones is 1. The minimum atomic E-state index is 0.362. The third kappa shape index (κ3) is 1.90. The molecule has 0 radical (unpaired) electrons. The van der Waals surface area contributed by atoms with Crippen molar-refractivity contribution in [1.82, 2.24) is 5.32 Å². The van der Waals surface area contributed by atoms with E-state index in [2.05, 4.69) is 11.4 Å². The number of Topliss-reactive ketones (excluding diaryl/α,β-unsaturated/α-hetero) is 1. The summed E-state index contributed by atoms with van der Waals surface area (Å²) in [6.07, 6.45) is 4.27. The molecule has 2 heteroatoms. The van der Waals surface area contributed by atoms with Crippen molar-refractivity contribution in [3.05, 3.63) is 34.9 Å². The number of benzene rings is 1. The molecule has 1 aromatic rings. The SMILES string of the molecule is O=C(CC1CC1)c1cccc2c1CCNC2. The normalized spacial score (nSPS) is 19.2. The Morgan fingerprint density at radius 3 is 3.06 bits per heavy atom. The van der Waals surface area contributed by atoms with E-state index in [-0.39, 0.29) is 0 Å². The highest BCUT2D eigenvalue weighted by Crippen LogP contribution is 2.34. The van der Waals surface area contributed by atoms with Gasteiger partial charge < -0.3 is 5.32 Å². The van der Waals surface area contributed by atoms with Crippen molar-refractivity contribution in [3.63, 3.8) is 0 Å². The number of hydrogen-bond donors (Lipinski definition) is 1. The lowest BCUT2D eigenvalue weighted by molar-refractivity contribution is 0.0975. The Morgan fingerprint density at radius 2 is 2.25 bits per heavy atom. The topological polar surface area (TPSA) is 29.1 Å². The molecule has 1 N–H and O–H groups in total. The minimum Gasteiger partial charge on any atom is -0.312 e.